The molecule has 1 fully saturated rings. The van der Waals surface area contributed by atoms with E-state index >= 15 is 0 Å². The summed E-state index contributed by atoms with van der Waals surface area (Å²) < 4.78 is 0. The van der Waals surface area contributed by atoms with Crippen molar-refractivity contribution in [1.29, 1.82) is 0 Å². The van der Waals surface area contributed by atoms with Gasteiger partial charge in [0.15, 0.2) is 5.43 Å². The first-order chi connectivity index (χ1) is 11.0. The van der Waals surface area contributed by atoms with Crippen molar-refractivity contribution in [3.63, 3.8) is 0 Å². The van der Waals surface area contributed by atoms with E-state index in [1.54, 1.807) is 4.90 Å². The molecule has 2 aromatic rings. The van der Waals surface area contributed by atoms with Gasteiger partial charge in [0.1, 0.15) is 6.54 Å². The Kier molecular flexibility index (Phi) is 4.58. The van der Waals surface area contributed by atoms with Crippen LogP contribution >= 0.6 is 0 Å². The van der Waals surface area contributed by atoms with Crippen molar-refractivity contribution in [3.8, 4) is 0 Å². The molecular formula is C20H29N2O+. The number of aryl methyl sites for hydroxylation is 3. The summed E-state index contributed by atoms with van der Waals surface area (Å²) in [5.74, 6) is 0. The van der Waals surface area contributed by atoms with Gasteiger partial charge in [0.2, 0.25) is 0 Å². The smallest absolute Gasteiger partial charge is 0.198 e. The van der Waals surface area contributed by atoms with Gasteiger partial charge in [-0.15, -0.1) is 0 Å². The number of rotatable bonds is 3. The van der Waals surface area contributed by atoms with Crippen molar-refractivity contribution in [2.45, 2.75) is 66.0 Å². The number of nitrogens with one attached hydrogen (secondary N) is 2. The molecule has 0 saturated carbocycles. The number of aromatic amines is 1. The second-order valence-electron chi connectivity index (χ2n) is 7.25. The van der Waals surface area contributed by atoms with Crippen molar-refractivity contribution < 1.29 is 4.90 Å². The molecule has 3 nitrogen and oxygen atoms in total. The molecule has 23 heavy (non-hydrogen) atoms. The van der Waals surface area contributed by atoms with Crippen LogP contribution in [-0.2, 0) is 6.54 Å². The fourth-order valence-electron chi connectivity index (χ4n) is 4.28. The Morgan fingerprint density at radius 1 is 1.22 bits per heavy atom. The maximum absolute atomic E-state index is 13.1. The molecule has 1 unspecified atom stereocenters. The number of hydrogen-bond donors (Lipinski definition) is 2. The molecule has 0 spiro atoms. The van der Waals surface area contributed by atoms with Crippen molar-refractivity contribution >= 4 is 10.9 Å². The molecule has 124 valence electrons. The van der Waals surface area contributed by atoms with E-state index in [2.05, 4.69) is 37.9 Å². The van der Waals surface area contributed by atoms with E-state index < -0.39 is 0 Å². The quantitative estimate of drug-likeness (QED) is 0.898. The second kappa shape index (κ2) is 6.48. The summed E-state index contributed by atoms with van der Waals surface area (Å²) in [6.45, 7) is 10.5. The highest BCUT2D eigenvalue weighted by Gasteiger charge is 2.26. The van der Waals surface area contributed by atoms with Gasteiger partial charge in [-0.2, -0.15) is 0 Å². The highest BCUT2D eigenvalue weighted by atomic mass is 16.1. The Bertz CT molecular complexity index is 775. The zero-order valence-corrected chi connectivity index (χ0v) is 14.9. The number of likely N-dealkylation sites (tertiary alicyclic amines) is 1. The van der Waals surface area contributed by atoms with Crippen LogP contribution in [0.15, 0.2) is 16.9 Å². The lowest BCUT2D eigenvalue weighted by Gasteiger charge is -2.32. The Labute approximate surface area is 138 Å². The number of hydrogen-bond acceptors (Lipinski definition) is 1. The average molecular weight is 313 g/mol. The minimum atomic E-state index is 0.238. The first kappa shape index (κ1) is 16.3. The predicted molar refractivity (Wildman–Crippen MR) is 96.2 cm³/mol. The van der Waals surface area contributed by atoms with E-state index in [4.69, 9.17) is 0 Å². The number of H-pyrrole nitrogens is 1. The van der Waals surface area contributed by atoms with E-state index in [1.165, 1.54) is 37.8 Å². The zero-order chi connectivity index (χ0) is 16.6. The molecule has 1 aliphatic heterocycles. The number of quaternary nitrogens is 1. The Hall–Kier alpha value is -1.61. The fourth-order valence-corrected chi connectivity index (χ4v) is 4.28. The minimum Gasteiger partial charge on any atom is -0.358 e. The molecule has 3 rings (SSSR count). The minimum absolute atomic E-state index is 0.238. The van der Waals surface area contributed by atoms with Gasteiger partial charge in [0.05, 0.1) is 23.7 Å². The van der Waals surface area contributed by atoms with E-state index in [0.717, 1.165) is 34.3 Å². The molecular weight excluding hydrogens is 284 g/mol. The molecule has 1 aromatic heterocycles. The summed E-state index contributed by atoms with van der Waals surface area (Å²) in [5, 5.41) is 0.876. The molecule has 1 aliphatic rings. The van der Waals surface area contributed by atoms with Gasteiger partial charge in [0, 0.05) is 11.1 Å². The molecule has 1 saturated heterocycles. The normalized spacial score (nSPS) is 21.7. The van der Waals surface area contributed by atoms with E-state index in [-0.39, 0.29) is 5.43 Å². The average Bonchev–Trinajstić information content (AvgIpc) is 2.50. The van der Waals surface area contributed by atoms with Gasteiger partial charge in [-0.25, -0.2) is 0 Å². The third kappa shape index (κ3) is 3.07. The SMILES string of the molecule is CC[C@H]1CCCC[NH+]1Cc1c(C)[nH]c2cc(C)cc(C)c2c1=O. The van der Waals surface area contributed by atoms with Gasteiger partial charge < -0.3 is 9.88 Å². The lowest BCUT2D eigenvalue weighted by Crippen LogP contribution is -3.15. The summed E-state index contributed by atoms with van der Waals surface area (Å²) in [6, 6.07) is 4.90. The number of aromatic nitrogens is 1. The summed E-state index contributed by atoms with van der Waals surface area (Å²) in [4.78, 5) is 18.2. The topological polar surface area (TPSA) is 37.3 Å². The van der Waals surface area contributed by atoms with Gasteiger partial charge in [-0.3, -0.25) is 4.79 Å². The van der Waals surface area contributed by atoms with Gasteiger partial charge in [0.25, 0.3) is 0 Å². The first-order valence-corrected chi connectivity index (χ1v) is 8.98. The molecule has 3 heteroatoms. The van der Waals surface area contributed by atoms with Crippen LogP contribution < -0.4 is 10.3 Å². The summed E-state index contributed by atoms with van der Waals surface area (Å²) in [5.41, 5.74) is 5.53. The lowest BCUT2D eigenvalue weighted by atomic mass is 9.97. The number of piperidine rings is 1. The van der Waals surface area contributed by atoms with Crippen LogP contribution in [-0.4, -0.2) is 17.6 Å². The van der Waals surface area contributed by atoms with E-state index in [0.29, 0.717) is 6.04 Å². The van der Waals surface area contributed by atoms with Crippen LogP contribution in [0.25, 0.3) is 10.9 Å². The fraction of sp³-hybridized carbons (Fsp3) is 0.550. The Morgan fingerprint density at radius 2 is 2.00 bits per heavy atom. The van der Waals surface area contributed by atoms with Crippen molar-refractivity contribution in [1.82, 2.24) is 4.98 Å². The van der Waals surface area contributed by atoms with E-state index in [9.17, 15) is 4.79 Å². The first-order valence-electron chi connectivity index (χ1n) is 8.98. The molecule has 0 radical (unpaired) electrons. The third-order valence-corrected chi connectivity index (χ3v) is 5.53. The maximum Gasteiger partial charge on any atom is 0.198 e. The largest absolute Gasteiger partial charge is 0.358 e. The molecule has 0 aliphatic carbocycles. The van der Waals surface area contributed by atoms with Crippen LogP contribution in [0.1, 0.15) is 55.0 Å². The highest BCUT2D eigenvalue weighted by Crippen LogP contribution is 2.18. The van der Waals surface area contributed by atoms with E-state index in [1.807, 2.05) is 6.92 Å². The van der Waals surface area contributed by atoms with Gasteiger partial charge in [-0.05, 0) is 63.6 Å². The zero-order valence-electron chi connectivity index (χ0n) is 14.9. The van der Waals surface area contributed by atoms with Crippen LogP contribution in [0.3, 0.4) is 0 Å². The van der Waals surface area contributed by atoms with Crippen molar-refractivity contribution in [2.24, 2.45) is 0 Å². The molecule has 0 bridgehead atoms. The number of pyridine rings is 1. The standard InChI is InChI=1S/C20H28N2O/c1-5-16-8-6-7-9-22(16)12-17-15(4)21-18-11-13(2)10-14(3)19(18)20(17)23/h10-11,16H,5-9,12H2,1-4H3,(H,21,23)/p+1/t16-/m0/s1. The molecule has 1 aromatic carbocycles. The van der Waals surface area contributed by atoms with Gasteiger partial charge >= 0.3 is 0 Å². The predicted octanol–water partition coefficient (Wildman–Crippen LogP) is 2.80. The summed E-state index contributed by atoms with van der Waals surface area (Å²) in [6.07, 6.45) is 5.13. The van der Waals surface area contributed by atoms with Crippen LogP contribution in [0.2, 0.25) is 0 Å². The second-order valence-corrected chi connectivity index (χ2v) is 7.25. The number of benzene rings is 1. The molecule has 2 atom stereocenters. The Balaban J connectivity index is 2.06. The number of fused-ring (bicyclic) bond motifs is 1. The maximum atomic E-state index is 13.1. The van der Waals surface area contributed by atoms with Crippen LogP contribution in [0.4, 0.5) is 0 Å². The highest BCUT2D eigenvalue weighted by molar-refractivity contribution is 5.83. The van der Waals surface area contributed by atoms with Crippen LogP contribution in [0.5, 0.6) is 0 Å². The molecule has 0 amide bonds. The van der Waals surface area contributed by atoms with Crippen molar-refractivity contribution in [3.05, 3.63) is 44.7 Å². The molecule has 2 N–H and O–H groups in total. The van der Waals surface area contributed by atoms with Crippen LogP contribution in [0, 0.1) is 20.8 Å². The summed E-state index contributed by atoms with van der Waals surface area (Å²) in [7, 11) is 0. The monoisotopic (exact) mass is 313 g/mol. The molecule has 2 heterocycles. The Morgan fingerprint density at radius 3 is 2.74 bits per heavy atom. The summed E-state index contributed by atoms with van der Waals surface area (Å²) >= 11 is 0. The van der Waals surface area contributed by atoms with Gasteiger partial charge in [-0.1, -0.05) is 13.0 Å². The third-order valence-electron chi connectivity index (χ3n) is 5.53. The van der Waals surface area contributed by atoms with Crippen molar-refractivity contribution in [2.75, 3.05) is 6.54 Å². The lowest BCUT2D eigenvalue weighted by molar-refractivity contribution is -0.944.